The first-order valence-electron chi connectivity index (χ1n) is 5.21. The van der Waals surface area contributed by atoms with E-state index in [2.05, 4.69) is 0 Å². The van der Waals surface area contributed by atoms with Crippen molar-refractivity contribution in [3.8, 4) is 0 Å². The number of aliphatic hydroxyl groups is 1. The van der Waals surface area contributed by atoms with E-state index in [4.69, 9.17) is 18.9 Å². The van der Waals surface area contributed by atoms with Crippen LogP contribution in [0, 0.1) is 0 Å². The molecule has 1 N–H and O–H groups in total. The van der Waals surface area contributed by atoms with Crippen LogP contribution in [0.5, 0.6) is 0 Å². The van der Waals surface area contributed by atoms with Crippen molar-refractivity contribution in [3.63, 3.8) is 0 Å². The van der Waals surface area contributed by atoms with Gasteiger partial charge in [0.05, 0.1) is 0 Å². The van der Waals surface area contributed by atoms with E-state index in [1.165, 1.54) is 6.92 Å². The van der Waals surface area contributed by atoms with E-state index in [-0.39, 0.29) is 6.61 Å². The minimum atomic E-state index is -0.842. The topological polar surface area (TPSA) is 74.2 Å². The zero-order valence-corrected chi connectivity index (χ0v) is 9.50. The van der Waals surface area contributed by atoms with Crippen molar-refractivity contribution in [1.82, 2.24) is 0 Å². The number of esters is 1. The lowest BCUT2D eigenvalue weighted by Crippen LogP contribution is -2.36. The molecule has 4 atom stereocenters. The standard InChI is InChI=1S/C10H16O6/c1-5(11)13-4-6-7(12)8-9(14-6)16-10(2,3)15-8/h6-9,12H,4H2,1-3H3/t6-,7-,8-,9?/m1/s1. The van der Waals surface area contributed by atoms with Gasteiger partial charge in [-0.25, -0.2) is 0 Å². The molecule has 6 nitrogen and oxygen atoms in total. The number of aliphatic hydroxyl groups excluding tert-OH is 1. The summed E-state index contributed by atoms with van der Waals surface area (Å²) in [5, 5.41) is 9.88. The Kier molecular flexibility index (Phi) is 2.91. The monoisotopic (exact) mass is 232 g/mol. The maximum Gasteiger partial charge on any atom is 0.302 e. The van der Waals surface area contributed by atoms with Crippen LogP contribution in [0.1, 0.15) is 20.8 Å². The summed E-state index contributed by atoms with van der Waals surface area (Å²) in [4.78, 5) is 10.6. The van der Waals surface area contributed by atoms with Crippen molar-refractivity contribution in [2.24, 2.45) is 0 Å². The molecule has 2 heterocycles. The Bertz CT molecular complexity index is 289. The molecule has 2 aliphatic rings. The molecule has 2 saturated heterocycles. The van der Waals surface area contributed by atoms with Gasteiger partial charge in [-0.2, -0.15) is 0 Å². The Hall–Kier alpha value is -0.690. The molecule has 6 heteroatoms. The first-order chi connectivity index (χ1) is 7.39. The summed E-state index contributed by atoms with van der Waals surface area (Å²) in [5.74, 6) is -1.15. The van der Waals surface area contributed by atoms with Gasteiger partial charge in [0.2, 0.25) is 0 Å². The van der Waals surface area contributed by atoms with E-state index in [0.29, 0.717) is 0 Å². The van der Waals surface area contributed by atoms with E-state index in [1.54, 1.807) is 13.8 Å². The van der Waals surface area contributed by atoms with Crippen LogP contribution >= 0.6 is 0 Å². The van der Waals surface area contributed by atoms with Crippen LogP contribution in [-0.2, 0) is 23.7 Å². The number of rotatable bonds is 2. The van der Waals surface area contributed by atoms with Crippen molar-refractivity contribution in [2.45, 2.75) is 51.2 Å². The first kappa shape index (κ1) is 11.8. The van der Waals surface area contributed by atoms with Gasteiger partial charge >= 0.3 is 5.97 Å². The highest BCUT2D eigenvalue weighted by Crippen LogP contribution is 2.37. The predicted octanol–water partition coefficient (Wildman–Crippen LogP) is -0.213. The lowest BCUT2D eigenvalue weighted by molar-refractivity contribution is -0.220. The summed E-state index contributed by atoms with van der Waals surface area (Å²) in [6.07, 6.45) is -2.54. The number of carbonyl (C=O) groups is 1. The van der Waals surface area contributed by atoms with Crippen molar-refractivity contribution >= 4 is 5.97 Å². The van der Waals surface area contributed by atoms with Crippen LogP contribution in [-0.4, -0.2) is 48.1 Å². The number of carbonyl (C=O) groups excluding carboxylic acids is 1. The summed E-state index contributed by atoms with van der Waals surface area (Å²) >= 11 is 0. The molecule has 0 aromatic heterocycles. The van der Waals surface area contributed by atoms with Crippen LogP contribution in [0.2, 0.25) is 0 Å². The third-order valence-corrected chi connectivity index (χ3v) is 2.57. The van der Waals surface area contributed by atoms with Gasteiger partial charge in [0.25, 0.3) is 0 Å². The fourth-order valence-corrected chi connectivity index (χ4v) is 1.90. The second-order valence-electron chi connectivity index (χ2n) is 4.44. The average molecular weight is 232 g/mol. The third-order valence-electron chi connectivity index (χ3n) is 2.57. The zero-order valence-electron chi connectivity index (χ0n) is 9.50. The number of hydrogen-bond donors (Lipinski definition) is 1. The first-order valence-corrected chi connectivity index (χ1v) is 5.21. The van der Waals surface area contributed by atoms with E-state index in [0.717, 1.165) is 0 Å². The van der Waals surface area contributed by atoms with Gasteiger partial charge in [0.15, 0.2) is 12.1 Å². The molecule has 2 fully saturated rings. The molecule has 0 bridgehead atoms. The molecule has 0 saturated carbocycles. The molecule has 0 aromatic carbocycles. The van der Waals surface area contributed by atoms with Gasteiger partial charge in [-0.1, -0.05) is 0 Å². The van der Waals surface area contributed by atoms with Crippen molar-refractivity contribution in [2.75, 3.05) is 6.61 Å². The second-order valence-corrected chi connectivity index (χ2v) is 4.44. The molecule has 16 heavy (non-hydrogen) atoms. The largest absolute Gasteiger partial charge is 0.463 e. The smallest absolute Gasteiger partial charge is 0.302 e. The minimum absolute atomic E-state index is 0.0106. The highest BCUT2D eigenvalue weighted by molar-refractivity contribution is 5.65. The molecular formula is C10H16O6. The molecule has 2 aliphatic heterocycles. The van der Waals surface area contributed by atoms with Gasteiger partial charge in [0.1, 0.15) is 24.9 Å². The quantitative estimate of drug-likeness (QED) is 0.664. The Balaban J connectivity index is 1.92. The van der Waals surface area contributed by atoms with Gasteiger partial charge in [-0.15, -0.1) is 0 Å². The van der Waals surface area contributed by atoms with E-state index >= 15 is 0 Å². The highest BCUT2D eigenvalue weighted by atomic mass is 16.8. The van der Waals surface area contributed by atoms with Crippen LogP contribution in [0.25, 0.3) is 0 Å². The fraction of sp³-hybridized carbons (Fsp3) is 0.900. The van der Waals surface area contributed by atoms with Crippen LogP contribution in [0.3, 0.4) is 0 Å². The van der Waals surface area contributed by atoms with Gasteiger partial charge in [-0.3, -0.25) is 4.79 Å². The summed E-state index contributed by atoms with van der Waals surface area (Å²) in [5.41, 5.74) is 0. The molecule has 1 unspecified atom stereocenters. The fourth-order valence-electron chi connectivity index (χ4n) is 1.90. The van der Waals surface area contributed by atoms with Crippen LogP contribution < -0.4 is 0 Å². The Labute approximate surface area is 93.4 Å². The number of hydrogen-bond acceptors (Lipinski definition) is 6. The Morgan fingerprint density at radius 2 is 2.12 bits per heavy atom. The van der Waals surface area contributed by atoms with Crippen LogP contribution in [0.4, 0.5) is 0 Å². The summed E-state index contributed by atoms with van der Waals surface area (Å²) < 4.78 is 21.1. The molecule has 0 aliphatic carbocycles. The summed E-state index contributed by atoms with van der Waals surface area (Å²) in [7, 11) is 0. The molecule has 0 spiro atoms. The lowest BCUT2D eigenvalue weighted by Gasteiger charge is -2.22. The van der Waals surface area contributed by atoms with E-state index in [1.807, 2.05) is 0 Å². The predicted molar refractivity (Wildman–Crippen MR) is 51.3 cm³/mol. The van der Waals surface area contributed by atoms with Gasteiger partial charge < -0.3 is 24.1 Å². The Morgan fingerprint density at radius 3 is 2.69 bits per heavy atom. The lowest BCUT2D eigenvalue weighted by atomic mass is 10.1. The SMILES string of the molecule is CC(=O)OC[C@H]1OC2OC(C)(C)O[C@@H]2[C@@H]1O. The summed E-state index contributed by atoms with van der Waals surface area (Å²) in [6, 6.07) is 0. The van der Waals surface area contributed by atoms with E-state index in [9.17, 15) is 9.90 Å². The molecular weight excluding hydrogens is 216 g/mol. The third kappa shape index (κ3) is 2.20. The molecule has 0 radical (unpaired) electrons. The van der Waals surface area contributed by atoms with Crippen molar-refractivity contribution in [1.29, 1.82) is 0 Å². The van der Waals surface area contributed by atoms with Crippen molar-refractivity contribution in [3.05, 3.63) is 0 Å². The average Bonchev–Trinajstić information content (AvgIpc) is 2.58. The molecule has 92 valence electrons. The van der Waals surface area contributed by atoms with Crippen LogP contribution in [0.15, 0.2) is 0 Å². The normalized spacial score (nSPS) is 40.8. The maximum atomic E-state index is 10.6. The van der Waals surface area contributed by atoms with E-state index < -0.39 is 36.4 Å². The zero-order chi connectivity index (χ0) is 11.9. The highest BCUT2D eigenvalue weighted by Gasteiger charge is 2.54. The Morgan fingerprint density at radius 1 is 1.44 bits per heavy atom. The molecule has 0 amide bonds. The number of ether oxygens (including phenoxy) is 4. The summed E-state index contributed by atoms with van der Waals surface area (Å²) in [6.45, 7) is 4.82. The van der Waals surface area contributed by atoms with Crippen molar-refractivity contribution < 1.29 is 28.8 Å². The van der Waals surface area contributed by atoms with Gasteiger partial charge in [0, 0.05) is 6.92 Å². The van der Waals surface area contributed by atoms with Gasteiger partial charge in [-0.05, 0) is 13.8 Å². The molecule has 2 rings (SSSR count). The second kappa shape index (κ2) is 3.96. The maximum absolute atomic E-state index is 10.6. The number of fused-ring (bicyclic) bond motifs is 1. The molecule has 0 aromatic rings. The minimum Gasteiger partial charge on any atom is -0.463 e.